The maximum Gasteiger partial charge on any atom is 0.257 e. The van der Waals surface area contributed by atoms with Gasteiger partial charge in [0, 0.05) is 13.2 Å². The molecule has 4 rings (SSSR count). The molecular formula is C20H19N5OS. The zero-order valence-corrected chi connectivity index (χ0v) is 15.7. The average Bonchev–Trinajstić information content (AvgIpc) is 3.43. The number of aromatic nitrogens is 4. The first-order valence-electron chi connectivity index (χ1n) is 8.59. The number of rotatable bonds is 6. The Hall–Kier alpha value is -3.19. The van der Waals surface area contributed by atoms with Crippen LogP contribution in [0.1, 0.15) is 21.6 Å². The summed E-state index contributed by atoms with van der Waals surface area (Å²) in [7, 11) is 1.78. The number of thiophene rings is 1. The number of aromatic amines is 1. The summed E-state index contributed by atoms with van der Waals surface area (Å²) in [6.07, 6.45) is 3.40. The molecule has 0 spiro atoms. The van der Waals surface area contributed by atoms with Gasteiger partial charge in [0.1, 0.15) is 5.69 Å². The van der Waals surface area contributed by atoms with Gasteiger partial charge in [0.25, 0.3) is 5.91 Å². The van der Waals surface area contributed by atoms with Crippen molar-refractivity contribution in [3.63, 3.8) is 0 Å². The van der Waals surface area contributed by atoms with E-state index < -0.39 is 0 Å². The smallest absolute Gasteiger partial charge is 0.257 e. The molecule has 0 saturated heterocycles. The summed E-state index contributed by atoms with van der Waals surface area (Å²) in [5.74, 6) is -0.0680. The van der Waals surface area contributed by atoms with Gasteiger partial charge in [-0.25, -0.2) is 0 Å². The number of amides is 1. The lowest BCUT2D eigenvalue weighted by molar-refractivity contribution is 0.0783. The molecule has 1 N–H and O–H groups in total. The van der Waals surface area contributed by atoms with Crippen LogP contribution in [0.5, 0.6) is 0 Å². The maximum absolute atomic E-state index is 12.7. The Kier molecular flexibility index (Phi) is 4.84. The fraction of sp³-hybridized carbons (Fsp3) is 0.150. The van der Waals surface area contributed by atoms with Crippen LogP contribution in [0.2, 0.25) is 0 Å². The Balaban J connectivity index is 1.40. The summed E-state index contributed by atoms with van der Waals surface area (Å²) >= 11 is 1.64. The Morgan fingerprint density at radius 1 is 1.22 bits per heavy atom. The van der Waals surface area contributed by atoms with Crippen molar-refractivity contribution in [3.05, 3.63) is 83.1 Å². The molecule has 3 heterocycles. The van der Waals surface area contributed by atoms with Crippen LogP contribution in [0.15, 0.2) is 66.3 Å². The van der Waals surface area contributed by atoms with Gasteiger partial charge >= 0.3 is 0 Å². The minimum atomic E-state index is -0.0680. The van der Waals surface area contributed by atoms with Gasteiger partial charge in [0.2, 0.25) is 0 Å². The normalized spacial score (nSPS) is 10.9. The minimum Gasteiger partial charge on any atom is -0.336 e. The number of nitrogens with one attached hydrogen (secondary N) is 1. The molecule has 6 nitrogen and oxygen atoms in total. The lowest BCUT2D eigenvalue weighted by Gasteiger charge is -2.14. The quantitative estimate of drug-likeness (QED) is 0.558. The van der Waals surface area contributed by atoms with E-state index in [-0.39, 0.29) is 5.91 Å². The predicted octanol–water partition coefficient (Wildman–Crippen LogP) is 3.66. The van der Waals surface area contributed by atoms with E-state index >= 15 is 0 Å². The first kappa shape index (κ1) is 17.2. The summed E-state index contributed by atoms with van der Waals surface area (Å²) < 4.78 is 1.78. The van der Waals surface area contributed by atoms with Crippen LogP contribution in [0.25, 0.3) is 10.6 Å². The summed E-state index contributed by atoms with van der Waals surface area (Å²) in [5.41, 5.74) is 3.51. The highest BCUT2D eigenvalue weighted by molar-refractivity contribution is 7.13. The molecule has 0 atom stereocenters. The molecule has 1 aromatic carbocycles. The first-order chi connectivity index (χ1) is 13.2. The van der Waals surface area contributed by atoms with Gasteiger partial charge in [-0.05, 0) is 23.1 Å². The molecule has 0 aliphatic rings. The number of benzene rings is 1. The van der Waals surface area contributed by atoms with E-state index in [1.807, 2.05) is 53.9 Å². The average molecular weight is 377 g/mol. The molecule has 0 aliphatic heterocycles. The van der Waals surface area contributed by atoms with E-state index in [1.54, 1.807) is 40.4 Å². The Morgan fingerprint density at radius 3 is 2.85 bits per heavy atom. The van der Waals surface area contributed by atoms with Crippen LogP contribution < -0.4 is 0 Å². The van der Waals surface area contributed by atoms with Gasteiger partial charge in [-0.15, -0.1) is 11.3 Å². The lowest BCUT2D eigenvalue weighted by Crippen LogP contribution is -2.26. The van der Waals surface area contributed by atoms with E-state index in [1.165, 1.54) is 0 Å². The highest BCUT2D eigenvalue weighted by Crippen LogP contribution is 2.23. The lowest BCUT2D eigenvalue weighted by atomic mass is 10.2. The third-order valence-electron chi connectivity index (χ3n) is 4.23. The van der Waals surface area contributed by atoms with Gasteiger partial charge in [-0.2, -0.15) is 10.2 Å². The second-order valence-electron chi connectivity index (χ2n) is 6.33. The summed E-state index contributed by atoms with van der Waals surface area (Å²) in [6, 6.07) is 16.1. The number of carbonyl (C=O) groups excluding carboxylic acids is 1. The zero-order chi connectivity index (χ0) is 18.6. The molecular weight excluding hydrogens is 358 g/mol. The van der Waals surface area contributed by atoms with Crippen molar-refractivity contribution >= 4 is 17.2 Å². The number of carbonyl (C=O) groups is 1. The minimum absolute atomic E-state index is 0.0680. The molecule has 0 fully saturated rings. The Morgan fingerprint density at radius 2 is 2.07 bits per heavy atom. The van der Waals surface area contributed by atoms with E-state index in [0.717, 1.165) is 21.8 Å². The third kappa shape index (κ3) is 3.98. The monoisotopic (exact) mass is 377 g/mol. The van der Waals surface area contributed by atoms with E-state index in [2.05, 4.69) is 15.3 Å². The van der Waals surface area contributed by atoms with Crippen molar-refractivity contribution < 1.29 is 4.79 Å². The molecule has 27 heavy (non-hydrogen) atoms. The van der Waals surface area contributed by atoms with Crippen LogP contribution in [-0.2, 0) is 13.1 Å². The fourth-order valence-corrected chi connectivity index (χ4v) is 3.56. The first-order valence-corrected chi connectivity index (χ1v) is 9.47. The molecule has 0 unspecified atom stereocenters. The summed E-state index contributed by atoms with van der Waals surface area (Å²) in [6.45, 7) is 1.10. The number of nitrogens with zero attached hydrogens (tertiary/aromatic N) is 4. The number of H-pyrrole nitrogens is 1. The molecule has 0 saturated carbocycles. The molecule has 3 aromatic heterocycles. The van der Waals surface area contributed by atoms with Crippen LogP contribution in [0.3, 0.4) is 0 Å². The summed E-state index contributed by atoms with van der Waals surface area (Å²) in [5, 5.41) is 13.7. The van der Waals surface area contributed by atoms with E-state index in [9.17, 15) is 4.79 Å². The topological polar surface area (TPSA) is 66.8 Å². The van der Waals surface area contributed by atoms with Gasteiger partial charge in [-0.1, -0.05) is 36.4 Å². The van der Waals surface area contributed by atoms with Crippen molar-refractivity contribution in [2.75, 3.05) is 7.05 Å². The molecule has 0 aliphatic carbocycles. The van der Waals surface area contributed by atoms with E-state index in [0.29, 0.717) is 18.7 Å². The van der Waals surface area contributed by atoms with Crippen molar-refractivity contribution in [1.29, 1.82) is 0 Å². The molecule has 4 aromatic rings. The van der Waals surface area contributed by atoms with Crippen LogP contribution in [0, 0.1) is 0 Å². The number of hydrogen-bond donors (Lipinski definition) is 1. The van der Waals surface area contributed by atoms with Gasteiger partial charge in [0.15, 0.2) is 0 Å². The van der Waals surface area contributed by atoms with Gasteiger partial charge in [-0.3, -0.25) is 14.6 Å². The standard InChI is InChI=1S/C20H19N5OS/c1-24(14-17-10-18(23-22-17)19-8-5-9-27-19)20(26)16-11-21-25(13-16)12-15-6-3-2-4-7-15/h2-11,13H,12,14H2,1H3,(H,22,23). The van der Waals surface area contributed by atoms with Crippen molar-refractivity contribution in [1.82, 2.24) is 24.9 Å². The van der Waals surface area contributed by atoms with Gasteiger partial charge < -0.3 is 4.90 Å². The van der Waals surface area contributed by atoms with Crippen molar-refractivity contribution in [2.24, 2.45) is 0 Å². The highest BCUT2D eigenvalue weighted by Gasteiger charge is 2.16. The van der Waals surface area contributed by atoms with Crippen LogP contribution in [0.4, 0.5) is 0 Å². The Bertz CT molecular complexity index is 1020. The molecule has 1 amide bonds. The molecule has 0 bridgehead atoms. The van der Waals surface area contributed by atoms with E-state index in [4.69, 9.17) is 0 Å². The third-order valence-corrected chi connectivity index (χ3v) is 5.12. The maximum atomic E-state index is 12.7. The van der Waals surface area contributed by atoms with Crippen molar-refractivity contribution in [3.8, 4) is 10.6 Å². The Labute approximate surface area is 161 Å². The van der Waals surface area contributed by atoms with Crippen LogP contribution >= 0.6 is 11.3 Å². The van der Waals surface area contributed by atoms with Gasteiger partial charge in [0.05, 0.1) is 35.4 Å². The molecule has 0 radical (unpaired) electrons. The van der Waals surface area contributed by atoms with Crippen LogP contribution in [-0.4, -0.2) is 37.8 Å². The number of hydrogen-bond acceptors (Lipinski definition) is 4. The van der Waals surface area contributed by atoms with Crippen molar-refractivity contribution in [2.45, 2.75) is 13.1 Å². The zero-order valence-electron chi connectivity index (χ0n) is 14.9. The highest BCUT2D eigenvalue weighted by atomic mass is 32.1. The second kappa shape index (κ2) is 7.59. The fourth-order valence-electron chi connectivity index (χ4n) is 2.87. The second-order valence-corrected chi connectivity index (χ2v) is 7.28. The predicted molar refractivity (Wildman–Crippen MR) is 105 cm³/mol. The largest absolute Gasteiger partial charge is 0.336 e. The summed E-state index contributed by atoms with van der Waals surface area (Å²) in [4.78, 5) is 15.5. The molecule has 136 valence electrons. The SMILES string of the molecule is CN(Cc1cc(-c2cccs2)n[nH]1)C(=O)c1cnn(Cc2ccccc2)c1. The molecule has 7 heteroatoms.